The lowest BCUT2D eigenvalue weighted by Gasteiger charge is -2.34. The van der Waals surface area contributed by atoms with Crippen molar-refractivity contribution < 1.29 is 27.6 Å². The molecule has 2 rings (SSSR count). The lowest BCUT2D eigenvalue weighted by molar-refractivity contribution is -0.384. The van der Waals surface area contributed by atoms with Gasteiger partial charge in [0.15, 0.2) is 0 Å². The highest BCUT2D eigenvalue weighted by atomic mass is 19.4. The molecule has 7 nitrogen and oxygen atoms in total. The van der Waals surface area contributed by atoms with Crippen molar-refractivity contribution in [2.24, 2.45) is 0 Å². The Bertz CT molecular complexity index is 708. The number of rotatable bonds is 3. The molecule has 1 aromatic rings. The van der Waals surface area contributed by atoms with Gasteiger partial charge in [0.1, 0.15) is 11.3 Å². The molecule has 0 saturated carbocycles. The third-order valence-electron chi connectivity index (χ3n) is 4.06. The predicted octanol–water partition coefficient (Wildman–Crippen LogP) is 4.11. The van der Waals surface area contributed by atoms with Crippen molar-refractivity contribution in [2.75, 3.05) is 18.0 Å². The number of ether oxygens (including phenoxy) is 1. The van der Waals surface area contributed by atoms with Crippen LogP contribution in [0, 0.1) is 10.1 Å². The second-order valence-electron chi connectivity index (χ2n) is 7.37. The Morgan fingerprint density at radius 1 is 1.26 bits per heavy atom. The molecule has 1 aliphatic heterocycles. The van der Waals surface area contributed by atoms with Gasteiger partial charge < -0.3 is 15.0 Å². The fourth-order valence-electron chi connectivity index (χ4n) is 2.85. The number of alkyl halides is 3. The van der Waals surface area contributed by atoms with Crippen LogP contribution in [-0.4, -0.2) is 35.7 Å². The average molecular weight is 389 g/mol. The molecule has 0 aromatic heterocycles. The third kappa shape index (κ3) is 5.73. The Hall–Kier alpha value is -2.52. The average Bonchev–Trinajstić information content (AvgIpc) is 2.52. The Morgan fingerprint density at radius 2 is 1.85 bits per heavy atom. The maximum absolute atomic E-state index is 12.8. The first-order valence-corrected chi connectivity index (χ1v) is 8.47. The first-order valence-electron chi connectivity index (χ1n) is 8.47. The fourth-order valence-corrected chi connectivity index (χ4v) is 2.85. The van der Waals surface area contributed by atoms with E-state index in [-0.39, 0.29) is 11.7 Å². The van der Waals surface area contributed by atoms with E-state index in [4.69, 9.17) is 4.74 Å². The van der Waals surface area contributed by atoms with E-state index in [0.29, 0.717) is 32.0 Å². The Kier molecular flexibility index (Phi) is 5.86. The molecule has 1 aliphatic rings. The molecule has 0 unspecified atom stereocenters. The molecule has 1 fully saturated rings. The molecular weight excluding hydrogens is 367 g/mol. The number of nitro benzene ring substituents is 1. The Labute approximate surface area is 154 Å². The summed E-state index contributed by atoms with van der Waals surface area (Å²) in [7, 11) is 0. The van der Waals surface area contributed by atoms with Crippen molar-refractivity contribution in [3.8, 4) is 0 Å². The number of hydrogen-bond donors (Lipinski definition) is 1. The van der Waals surface area contributed by atoms with Crippen LogP contribution in [0.3, 0.4) is 0 Å². The lowest BCUT2D eigenvalue weighted by atomic mass is 10.0. The summed E-state index contributed by atoms with van der Waals surface area (Å²) in [6.45, 7) is 5.98. The van der Waals surface area contributed by atoms with Crippen LogP contribution < -0.4 is 10.2 Å². The monoisotopic (exact) mass is 389 g/mol. The zero-order chi connectivity index (χ0) is 20.4. The predicted molar refractivity (Wildman–Crippen MR) is 92.7 cm³/mol. The topological polar surface area (TPSA) is 84.7 Å². The summed E-state index contributed by atoms with van der Waals surface area (Å²) in [5, 5.41) is 14.0. The number of nitro groups is 1. The molecule has 0 aliphatic carbocycles. The molecule has 0 bridgehead atoms. The van der Waals surface area contributed by atoms with Gasteiger partial charge in [0.25, 0.3) is 5.69 Å². The van der Waals surface area contributed by atoms with Crippen molar-refractivity contribution in [3.05, 3.63) is 33.9 Å². The molecule has 1 N–H and O–H groups in total. The van der Waals surface area contributed by atoms with Crippen LogP contribution in [0.2, 0.25) is 0 Å². The number of nitrogens with one attached hydrogen (secondary N) is 1. The van der Waals surface area contributed by atoms with Crippen LogP contribution >= 0.6 is 0 Å². The first kappa shape index (κ1) is 20.8. The number of carbonyl (C=O) groups is 1. The standard InChI is InChI=1S/C17H22F3N3O4/c1-16(2,3)27-15(24)21-12-6-8-22(9-7-12)13-5-4-11(17(18,19)20)10-14(13)23(25)26/h4-5,10,12H,6-9H2,1-3H3,(H,21,24). The van der Waals surface area contributed by atoms with E-state index in [1.807, 2.05) is 0 Å². The minimum Gasteiger partial charge on any atom is -0.444 e. The van der Waals surface area contributed by atoms with E-state index >= 15 is 0 Å². The SMILES string of the molecule is CC(C)(C)OC(=O)NC1CCN(c2ccc(C(F)(F)F)cc2[N+](=O)[O-])CC1. The first-order chi connectivity index (χ1) is 12.4. The number of amides is 1. The van der Waals surface area contributed by atoms with E-state index in [0.717, 1.165) is 12.1 Å². The van der Waals surface area contributed by atoms with Gasteiger partial charge in [-0.05, 0) is 45.7 Å². The van der Waals surface area contributed by atoms with Crippen LogP contribution in [0.25, 0.3) is 0 Å². The summed E-state index contributed by atoms with van der Waals surface area (Å²) in [5.41, 5.74) is -2.11. The van der Waals surface area contributed by atoms with Gasteiger partial charge in [0, 0.05) is 25.2 Å². The van der Waals surface area contributed by atoms with Crippen LogP contribution in [0.1, 0.15) is 39.2 Å². The van der Waals surface area contributed by atoms with Crippen LogP contribution in [-0.2, 0) is 10.9 Å². The van der Waals surface area contributed by atoms with Crippen LogP contribution in [0.15, 0.2) is 18.2 Å². The normalized spacial score (nSPS) is 16.1. The highest BCUT2D eigenvalue weighted by molar-refractivity contribution is 5.68. The second-order valence-corrected chi connectivity index (χ2v) is 7.37. The number of halogens is 3. The highest BCUT2D eigenvalue weighted by Crippen LogP contribution is 2.37. The molecule has 1 amide bonds. The molecule has 0 spiro atoms. The summed E-state index contributed by atoms with van der Waals surface area (Å²) in [4.78, 5) is 23.9. The Morgan fingerprint density at radius 3 is 2.33 bits per heavy atom. The zero-order valence-electron chi connectivity index (χ0n) is 15.3. The van der Waals surface area contributed by atoms with Crippen molar-refractivity contribution in [1.82, 2.24) is 5.32 Å². The van der Waals surface area contributed by atoms with Gasteiger partial charge in [-0.1, -0.05) is 0 Å². The number of anilines is 1. The largest absolute Gasteiger partial charge is 0.444 e. The number of benzene rings is 1. The van der Waals surface area contributed by atoms with E-state index in [1.54, 1.807) is 25.7 Å². The summed E-state index contributed by atoms with van der Waals surface area (Å²) in [5.74, 6) is 0. The number of nitrogens with zero attached hydrogens (tertiary/aromatic N) is 2. The number of carbonyl (C=O) groups excluding carboxylic acids is 1. The molecular formula is C17H22F3N3O4. The quantitative estimate of drug-likeness (QED) is 0.621. The number of alkyl carbamates (subject to hydrolysis) is 1. The van der Waals surface area contributed by atoms with Gasteiger partial charge in [0.05, 0.1) is 10.5 Å². The molecule has 0 radical (unpaired) electrons. The molecule has 150 valence electrons. The molecule has 10 heteroatoms. The van der Waals surface area contributed by atoms with Crippen LogP contribution in [0.5, 0.6) is 0 Å². The maximum atomic E-state index is 12.8. The molecule has 1 aromatic carbocycles. The molecule has 0 atom stereocenters. The lowest BCUT2D eigenvalue weighted by Crippen LogP contribution is -2.46. The summed E-state index contributed by atoms with van der Waals surface area (Å²) < 4.78 is 43.6. The van der Waals surface area contributed by atoms with E-state index in [1.165, 1.54) is 0 Å². The van der Waals surface area contributed by atoms with Gasteiger partial charge in [-0.2, -0.15) is 13.2 Å². The van der Waals surface area contributed by atoms with Gasteiger partial charge >= 0.3 is 12.3 Å². The van der Waals surface area contributed by atoms with Gasteiger partial charge in [0.2, 0.25) is 0 Å². The summed E-state index contributed by atoms with van der Waals surface area (Å²) in [6, 6.07) is 2.36. The van der Waals surface area contributed by atoms with Crippen molar-refractivity contribution in [1.29, 1.82) is 0 Å². The fraction of sp³-hybridized carbons (Fsp3) is 0.588. The highest BCUT2D eigenvalue weighted by Gasteiger charge is 2.34. The van der Waals surface area contributed by atoms with E-state index < -0.39 is 34.0 Å². The number of piperidine rings is 1. The smallest absolute Gasteiger partial charge is 0.416 e. The van der Waals surface area contributed by atoms with Gasteiger partial charge in [-0.3, -0.25) is 10.1 Å². The van der Waals surface area contributed by atoms with Gasteiger partial charge in [-0.15, -0.1) is 0 Å². The molecule has 1 saturated heterocycles. The maximum Gasteiger partial charge on any atom is 0.416 e. The van der Waals surface area contributed by atoms with Crippen molar-refractivity contribution >= 4 is 17.5 Å². The molecule has 27 heavy (non-hydrogen) atoms. The van der Waals surface area contributed by atoms with E-state index in [9.17, 15) is 28.1 Å². The third-order valence-corrected chi connectivity index (χ3v) is 4.06. The Balaban J connectivity index is 2.05. The van der Waals surface area contributed by atoms with Crippen molar-refractivity contribution in [2.45, 2.75) is 51.4 Å². The number of hydrogen-bond acceptors (Lipinski definition) is 5. The van der Waals surface area contributed by atoms with E-state index in [2.05, 4.69) is 5.32 Å². The zero-order valence-corrected chi connectivity index (χ0v) is 15.3. The van der Waals surface area contributed by atoms with Crippen LogP contribution in [0.4, 0.5) is 29.3 Å². The van der Waals surface area contributed by atoms with Gasteiger partial charge in [-0.25, -0.2) is 4.79 Å². The summed E-state index contributed by atoms with van der Waals surface area (Å²) >= 11 is 0. The minimum atomic E-state index is -4.65. The van der Waals surface area contributed by atoms with Crippen molar-refractivity contribution in [3.63, 3.8) is 0 Å². The molecule has 1 heterocycles. The second kappa shape index (κ2) is 7.61. The summed E-state index contributed by atoms with van der Waals surface area (Å²) in [6.07, 6.45) is -4.19. The minimum absolute atomic E-state index is 0.142.